The van der Waals surface area contributed by atoms with E-state index in [0.29, 0.717) is 0 Å². The molecule has 1 rings (SSSR count). The monoisotopic (exact) mass is 375 g/mol. The van der Waals surface area contributed by atoms with Gasteiger partial charge in [0.15, 0.2) is 0 Å². The highest BCUT2D eigenvalue weighted by Crippen LogP contribution is 2.28. The van der Waals surface area contributed by atoms with E-state index < -0.39 is 0 Å². The van der Waals surface area contributed by atoms with Crippen LogP contribution in [0.2, 0.25) is 0 Å². The van der Waals surface area contributed by atoms with E-state index in [0.717, 1.165) is 18.6 Å². The van der Waals surface area contributed by atoms with Crippen molar-refractivity contribution >= 4 is 50.9 Å². The van der Waals surface area contributed by atoms with E-state index in [9.17, 15) is 0 Å². The Morgan fingerprint density at radius 3 is 2.55 bits per heavy atom. The first kappa shape index (κ1) is 9.37. The highest BCUT2D eigenvalue weighted by Gasteiger charge is 2.04. The van der Waals surface area contributed by atoms with Crippen LogP contribution in [-0.4, -0.2) is 7.11 Å². The molecular weight excluding hydrogens is 368 g/mol. The van der Waals surface area contributed by atoms with Gasteiger partial charge in [0.25, 0.3) is 0 Å². The Kier molecular flexibility index (Phi) is 3.23. The number of anilines is 1. The molecule has 1 aromatic carbocycles. The first-order valence-electron chi connectivity index (χ1n) is 2.93. The molecule has 0 atom stereocenters. The number of hydrogen-bond acceptors (Lipinski definition) is 2. The maximum Gasteiger partial charge on any atom is 0.135 e. The number of hydrogen-bond donors (Lipinski definition) is 1. The molecule has 0 aliphatic rings. The fourth-order valence-corrected chi connectivity index (χ4v) is 1.89. The van der Waals surface area contributed by atoms with Gasteiger partial charge in [0.05, 0.1) is 10.7 Å². The second-order valence-electron chi connectivity index (χ2n) is 2.02. The van der Waals surface area contributed by atoms with Crippen LogP contribution in [0.3, 0.4) is 0 Å². The molecule has 0 unspecified atom stereocenters. The van der Waals surface area contributed by atoms with Gasteiger partial charge in [-0.25, -0.2) is 0 Å². The second-order valence-corrected chi connectivity index (χ2v) is 4.26. The summed E-state index contributed by atoms with van der Waals surface area (Å²) in [5.41, 5.74) is 6.36. The van der Waals surface area contributed by atoms with Crippen molar-refractivity contribution in [1.29, 1.82) is 0 Å². The molecule has 2 N–H and O–H groups in total. The minimum Gasteiger partial charge on any atom is -0.496 e. The molecule has 1 aromatic rings. The van der Waals surface area contributed by atoms with Crippen molar-refractivity contribution in [2.75, 3.05) is 12.8 Å². The minimum atomic E-state index is 0.742. The van der Waals surface area contributed by atoms with E-state index in [4.69, 9.17) is 10.5 Å². The lowest BCUT2D eigenvalue weighted by molar-refractivity contribution is 0.411. The molecule has 0 heterocycles. The van der Waals surface area contributed by atoms with Gasteiger partial charge < -0.3 is 10.5 Å². The molecule has 4 heteroatoms. The summed E-state index contributed by atoms with van der Waals surface area (Å²) in [6.45, 7) is 0. The number of halogens is 2. The molecule has 2 nitrogen and oxygen atoms in total. The van der Waals surface area contributed by atoms with Gasteiger partial charge in [0.1, 0.15) is 5.75 Å². The predicted octanol–water partition coefficient (Wildman–Crippen LogP) is 2.49. The summed E-state index contributed by atoms with van der Waals surface area (Å²) < 4.78 is 7.35. The van der Waals surface area contributed by atoms with Gasteiger partial charge in [0, 0.05) is 15.3 Å². The van der Waals surface area contributed by atoms with Crippen LogP contribution in [0.5, 0.6) is 5.75 Å². The van der Waals surface area contributed by atoms with Crippen molar-refractivity contribution in [3.8, 4) is 5.75 Å². The van der Waals surface area contributed by atoms with Crippen molar-refractivity contribution in [1.82, 2.24) is 0 Å². The lowest BCUT2D eigenvalue weighted by Gasteiger charge is -2.05. The zero-order valence-corrected chi connectivity index (χ0v) is 10.2. The summed E-state index contributed by atoms with van der Waals surface area (Å²) in [5.74, 6) is 0.843. The van der Waals surface area contributed by atoms with Crippen molar-refractivity contribution in [3.05, 3.63) is 19.3 Å². The van der Waals surface area contributed by atoms with E-state index in [2.05, 4.69) is 45.2 Å². The van der Waals surface area contributed by atoms with E-state index >= 15 is 0 Å². The van der Waals surface area contributed by atoms with Crippen molar-refractivity contribution in [3.63, 3.8) is 0 Å². The van der Waals surface area contributed by atoms with Crippen molar-refractivity contribution < 1.29 is 4.74 Å². The molecule has 0 radical (unpaired) electrons. The highest BCUT2D eigenvalue weighted by molar-refractivity contribution is 14.1. The number of benzene rings is 1. The zero-order valence-electron chi connectivity index (χ0n) is 5.90. The van der Waals surface area contributed by atoms with Crippen LogP contribution >= 0.6 is 45.2 Å². The molecule has 0 fully saturated rings. The van der Waals surface area contributed by atoms with E-state index in [1.807, 2.05) is 12.1 Å². The summed E-state index contributed by atoms with van der Waals surface area (Å²) in [4.78, 5) is 0. The van der Waals surface area contributed by atoms with Gasteiger partial charge >= 0.3 is 0 Å². The van der Waals surface area contributed by atoms with Gasteiger partial charge in [-0.05, 0) is 51.2 Å². The molecule has 0 saturated carbocycles. The molecule has 11 heavy (non-hydrogen) atoms. The average molecular weight is 375 g/mol. The number of ether oxygens (including phenoxy) is 1. The summed E-state index contributed by atoms with van der Waals surface area (Å²) >= 11 is 4.46. The summed E-state index contributed by atoms with van der Waals surface area (Å²) in [5, 5.41) is 0. The van der Waals surface area contributed by atoms with Gasteiger partial charge in [0.2, 0.25) is 0 Å². The first-order valence-corrected chi connectivity index (χ1v) is 5.09. The normalized spacial score (nSPS) is 9.73. The Hall–Kier alpha value is 0.280. The molecule has 0 amide bonds. The number of rotatable bonds is 1. The predicted molar refractivity (Wildman–Crippen MR) is 62.8 cm³/mol. The van der Waals surface area contributed by atoms with Crippen LogP contribution in [-0.2, 0) is 0 Å². The second kappa shape index (κ2) is 3.79. The van der Waals surface area contributed by atoms with Crippen molar-refractivity contribution in [2.24, 2.45) is 0 Å². The molecular formula is C7H7I2NO. The topological polar surface area (TPSA) is 35.2 Å². The molecule has 0 aliphatic heterocycles. The number of nitrogen functional groups attached to an aromatic ring is 1. The third-order valence-electron chi connectivity index (χ3n) is 1.24. The third-order valence-corrected chi connectivity index (χ3v) is 4.23. The largest absolute Gasteiger partial charge is 0.496 e. The van der Waals surface area contributed by atoms with Gasteiger partial charge in [-0.1, -0.05) is 0 Å². The van der Waals surface area contributed by atoms with Crippen LogP contribution < -0.4 is 10.5 Å². The summed E-state index contributed by atoms with van der Waals surface area (Å²) in [7, 11) is 1.65. The fourth-order valence-electron chi connectivity index (χ4n) is 0.732. The standard InChI is InChI=1S/C7H7I2NO/c1-11-6-3-4(10)2-5(8)7(6)9/h2-3H,10H2,1H3. The van der Waals surface area contributed by atoms with E-state index in [1.54, 1.807) is 7.11 Å². The SMILES string of the molecule is COc1cc(N)cc(I)c1I. The lowest BCUT2D eigenvalue weighted by Crippen LogP contribution is -1.93. The van der Waals surface area contributed by atoms with E-state index in [-0.39, 0.29) is 0 Å². The Bertz CT molecular complexity index is 275. The minimum absolute atomic E-state index is 0.742. The number of nitrogens with two attached hydrogens (primary N) is 1. The molecule has 0 bridgehead atoms. The quantitative estimate of drug-likeness (QED) is 0.605. The third kappa shape index (κ3) is 2.11. The molecule has 0 spiro atoms. The van der Waals surface area contributed by atoms with Gasteiger partial charge in [-0.2, -0.15) is 0 Å². The van der Waals surface area contributed by atoms with Crippen LogP contribution in [0.25, 0.3) is 0 Å². The zero-order chi connectivity index (χ0) is 8.43. The Morgan fingerprint density at radius 2 is 2.00 bits per heavy atom. The summed E-state index contributed by atoms with van der Waals surface area (Å²) in [6.07, 6.45) is 0. The lowest BCUT2D eigenvalue weighted by atomic mass is 10.3. The number of methoxy groups -OCH3 is 1. The first-order chi connectivity index (χ1) is 5.15. The molecule has 0 aromatic heterocycles. The van der Waals surface area contributed by atoms with Crippen LogP contribution in [0.1, 0.15) is 0 Å². The van der Waals surface area contributed by atoms with E-state index in [1.165, 1.54) is 0 Å². The maximum atomic E-state index is 5.62. The van der Waals surface area contributed by atoms with Crippen LogP contribution in [0.15, 0.2) is 12.1 Å². The average Bonchev–Trinajstić information content (AvgIpc) is 1.96. The van der Waals surface area contributed by atoms with Crippen LogP contribution in [0.4, 0.5) is 5.69 Å². The highest BCUT2D eigenvalue weighted by atomic mass is 127. The Balaban J connectivity index is 3.24. The molecule has 0 aliphatic carbocycles. The fraction of sp³-hybridized carbons (Fsp3) is 0.143. The molecule has 60 valence electrons. The van der Waals surface area contributed by atoms with Crippen molar-refractivity contribution in [2.45, 2.75) is 0 Å². The summed E-state index contributed by atoms with van der Waals surface area (Å²) in [6, 6.07) is 3.74. The Labute approximate surface area is 92.8 Å². The molecule has 0 saturated heterocycles. The van der Waals surface area contributed by atoms with Gasteiger partial charge in [-0.15, -0.1) is 0 Å². The Morgan fingerprint density at radius 1 is 1.36 bits per heavy atom. The van der Waals surface area contributed by atoms with Crippen LogP contribution in [0, 0.1) is 7.14 Å². The maximum absolute atomic E-state index is 5.62. The smallest absolute Gasteiger partial charge is 0.135 e. The van der Waals surface area contributed by atoms with Gasteiger partial charge in [-0.3, -0.25) is 0 Å².